The molecular formula is C16H11ClN2O2S. The highest BCUT2D eigenvalue weighted by molar-refractivity contribution is 7.19. The average molecular weight is 331 g/mol. The van der Waals surface area contributed by atoms with Crippen molar-refractivity contribution in [1.29, 1.82) is 0 Å². The highest BCUT2D eigenvalue weighted by atomic mass is 35.5. The molecule has 3 rings (SSSR count). The molecule has 2 heterocycles. The van der Waals surface area contributed by atoms with Crippen molar-refractivity contribution in [3.8, 4) is 11.5 Å². The number of pyridine rings is 1. The van der Waals surface area contributed by atoms with Crippen LogP contribution in [0.1, 0.15) is 4.88 Å². The number of nitrogens with two attached hydrogens (primary N) is 1. The molecule has 0 aliphatic carbocycles. The number of hydrogen-bond donors (Lipinski definition) is 1. The van der Waals surface area contributed by atoms with E-state index in [0.717, 1.165) is 15.0 Å². The largest absolute Gasteiger partial charge is 0.455 e. The summed E-state index contributed by atoms with van der Waals surface area (Å²) in [6.07, 6.45) is 6.43. The van der Waals surface area contributed by atoms with Crippen LogP contribution in [-0.2, 0) is 4.79 Å². The Labute approximate surface area is 135 Å². The number of benzene rings is 1. The third kappa shape index (κ3) is 3.27. The summed E-state index contributed by atoms with van der Waals surface area (Å²) in [6.45, 7) is 0. The van der Waals surface area contributed by atoms with Gasteiger partial charge in [-0.15, -0.1) is 11.3 Å². The highest BCUT2D eigenvalue weighted by Gasteiger charge is 2.08. The topological polar surface area (TPSA) is 65.2 Å². The van der Waals surface area contributed by atoms with Crippen molar-refractivity contribution in [1.82, 2.24) is 4.98 Å². The molecule has 0 radical (unpaired) electrons. The SMILES string of the molecule is NC(=O)/C=C/c1cc2c(Oc3ccc(Cl)cc3)cncc2s1. The quantitative estimate of drug-likeness (QED) is 0.727. The van der Waals surface area contributed by atoms with Gasteiger partial charge in [0.25, 0.3) is 0 Å². The first-order valence-corrected chi connectivity index (χ1v) is 7.60. The van der Waals surface area contributed by atoms with E-state index in [-0.39, 0.29) is 0 Å². The molecule has 0 atom stereocenters. The second-order valence-electron chi connectivity index (χ2n) is 4.49. The van der Waals surface area contributed by atoms with Gasteiger partial charge in [-0.05, 0) is 36.4 Å². The zero-order chi connectivity index (χ0) is 15.5. The van der Waals surface area contributed by atoms with Crippen molar-refractivity contribution >= 4 is 45.0 Å². The molecular weight excluding hydrogens is 320 g/mol. The number of fused-ring (bicyclic) bond motifs is 1. The van der Waals surface area contributed by atoms with Crippen LogP contribution in [-0.4, -0.2) is 10.9 Å². The van der Waals surface area contributed by atoms with Crippen LogP contribution in [0.2, 0.25) is 5.02 Å². The van der Waals surface area contributed by atoms with Gasteiger partial charge in [-0.3, -0.25) is 9.78 Å². The van der Waals surface area contributed by atoms with Crippen molar-refractivity contribution < 1.29 is 9.53 Å². The van der Waals surface area contributed by atoms with Crippen molar-refractivity contribution in [2.45, 2.75) is 0 Å². The van der Waals surface area contributed by atoms with Crippen LogP contribution in [0.25, 0.3) is 16.2 Å². The Morgan fingerprint density at radius 3 is 2.77 bits per heavy atom. The van der Waals surface area contributed by atoms with Crippen molar-refractivity contribution in [3.63, 3.8) is 0 Å². The van der Waals surface area contributed by atoms with Gasteiger partial charge in [-0.1, -0.05) is 11.6 Å². The maximum Gasteiger partial charge on any atom is 0.241 e. The van der Waals surface area contributed by atoms with Gasteiger partial charge < -0.3 is 10.5 Å². The summed E-state index contributed by atoms with van der Waals surface area (Å²) >= 11 is 7.37. The van der Waals surface area contributed by atoms with Crippen LogP contribution in [0, 0.1) is 0 Å². The van der Waals surface area contributed by atoms with Gasteiger partial charge in [0.05, 0.1) is 10.9 Å². The molecule has 0 saturated heterocycles. The molecule has 0 unspecified atom stereocenters. The lowest BCUT2D eigenvalue weighted by Gasteiger charge is -2.06. The van der Waals surface area contributed by atoms with E-state index in [1.54, 1.807) is 42.7 Å². The van der Waals surface area contributed by atoms with E-state index in [0.29, 0.717) is 16.5 Å². The second kappa shape index (κ2) is 6.17. The van der Waals surface area contributed by atoms with Crippen LogP contribution >= 0.6 is 22.9 Å². The molecule has 110 valence electrons. The summed E-state index contributed by atoms with van der Waals surface area (Å²) in [4.78, 5) is 15.9. The maximum absolute atomic E-state index is 10.8. The van der Waals surface area contributed by atoms with E-state index in [9.17, 15) is 4.79 Å². The molecule has 1 aromatic carbocycles. The summed E-state index contributed by atoms with van der Waals surface area (Å²) in [7, 11) is 0. The molecule has 0 aliphatic rings. The molecule has 0 saturated carbocycles. The molecule has 4 nitrogen and oxygen atoms in total. The number of hydrogen-bond acceptors (Lipinski definition) is 4. The first kappa shape index (κ1) is 14.6. The summed E-state index contributed by atoms with van der Waals surface area (Å²) in [5, 5.41) is 1.58. The zero-order valence-electron chi connectivity index (χ0n) is 11.3. The van der Waals surface area contributed by atoms with Crippen molar-refractivity contribution in [3.05, 3.63) is 58.7 Å². The number of amides is 1. The predicted molar refractivity (Wildman–Crippen MR) is 89.4 cm³/mol. The Kier molecular flexibility index (Phi) is 4.09. The third-order valence-corrected chi connectivity index (χ3v) is 4.17. The van der Waals surface area contributed by atoms with Gasteiger partial charge in [-0.25, -0.2) is 0 Å². The fourth-order valence-electron chi connectivity index (χ4n) is 1.91. The second-order valence-corrected chi connectivity index (χ2v) is 6.04. The van der Waals surface area contributed by atoms with E-state index < -0.39 is 5.91 Å². The monoisotopic (exact) mass is 330 g/mol. The number of aromatic nitrogens is 1. The highest BCUT2D eigenvalue weighted by Crippen LogP contribution is 2.35. The standard InChI is InChI=1S/C16H11ClN2O2S/c17-10-1-3-11(4-2-10)21-14-8-19-9-15-13(14)7-12(22-15)5-6-16(18)20/h1-9H,(H2,18,20)/b6-5+. The van der Waals surface area contributed by atoms with Gasteiger partial charge in [0, 0.05) is 27.6 Å². The number of halogens is 1. The van der Waals surface area contributed by atoms with Gasteiger partial charge in [0.1, 0.15) is 5.75 Å². The van der Waals surface area contributed by atoms with Crippen LogP contribution in [0.4, 0.5) is 0 Å². The lowest BCUT2D eigenvalue weighted by molar-refractivity contribution is -0.113. The molecule has 0 bridgehead atoms. The number of carbonyl (C=O) groups is 1. The molecule has 0 fully saturated rings. The van der Waals surface area contributed by atoms with E-state index in [1.165, 1.54) is 17.4 Å². The Morgan fingerprint density at radius 1 is 1.27 bits per heavy atom. The average Bonchev–Trinajstić information content (AvgIpc) is 2.92. The molecule has 6 heteroatoms. The Morgan fingerprint density at radius 2 is 2.05 bits per heavy atom. The fraction of sp³-hybridized carbons (Fsp3) is 0. The Hall–Kier alpha value is -2.37. The minimum absolute atomic E-state index is 0.479. The van der Waals surface area contributed by atoms with Gasteiger partial charge in [-0.2, -0.15) is 0 Å². The van der Waals surface area contributed by atoms with Crippen molar-refractivity contribution in [2.24, 2.45) is 5.73 Å². The number of carbonyl (C=O) groups excluding carboxylic acids is 1. The number of ether oxygens (including phenoxy) is 1. The van der Waals surface area contributed by atoms with Gasteiger partial charge >= 0.3 is 0 Å². The molecule has 22 heavy (non-hydrogen) atoms. The molecule has 1 amide bonds. The van der Waals surface area contributed by atoms with Crippen LogP contribution < -0.4 is 10.5 Å². The number of rotatable bonds is 4. The van der Waals surface area contributed by atoms with Gasteiger partial charge in [0.2, 0.25) is 5.91 Å². The Balaban J connectivity index is 1.95. The first-order chi connectivity index (χ1) is 10.6. The molecule has 0 spiro atoms. The summed E-state index contributed by atoms with van der Waals surface area (Å²) < 4.78 is 6.82. The number of nitrogens with zero attached hydrogens (tertiary/aromatic N) is 1. The third-order valence-electron chi connectivity index (χ3n) is 2.88. The van der Waals surface area contributed by atoms with Crippen molar-refractivity contribution in [2.75, 3.05) is 0 Å². The zero-order valence-corrected chi connectivity index (χ0v) is 12.9. The molecule has 2 aromatic heterocycles. The summed E-state index contributed by atoms with van der Waals surface area (Å²) in [5.41, 5.74) is 5.11. The van der Waals surface area contributed by atoms with Crippen LogP contribution in [0.3, 0.4) is 0 Å². The van der Waals surface area contributed by atoms with E-state index in [4.69, 9.17) is 22.1 Å². The van der Waals surface area contributed by atoms with E-state index in [1.807, 2.05) is 6.07 Å². The van der Waals surface area contributed by atoms with E-state index >= 15 is 0 Å². The smallest absolute Gasteiger partial charge is 0.241 e. The molecule has 2 N–H and O–H groups in total. The summed E-state index contributed by atoms with van der Waals surface area (Å²) in [6, 6.07) is 9.05. The fourth-order valence-corrected chi connectivity index (χ4v) is 2.99. The lowest BCUT2D eigenvalue weighted by atomic mass is 10.2. The first-order valence-electron chi connectivity index (χ1n) is 6.40. The minimum Gasteiger partial charge on any atom is -0.455 e. The van der Waals surface area contributed by atoms with E-state index in [2.05, 4.69) is 4.98 Å². The van der Waals surface area contributed by atoms with Crippen LogP contribution in [0.5, 0.6) is 11.5 Å². The normalized spacial score (nSPS) is 11.1. The predicted octanol–water partition coefficient (Wildman–Crippen LogP) is 4.24. The molecule has 3 aromatic rings. The van der Waals surface area contributed by atoms with Crippen LogP contribution in [0.15, 0.2) is 48.8 Å². The maximum atomic E-state index is 10.8. The number of primary amides is 1. The number of thiophene rings is 1. The molecule has 0 aliphatic heterocycles. The lowest BCUT2D eigenvalue weighted by Crippen LogP contribution is -2.04. The Bertz CT molecular complexity index is 856. The minimum atomic E-state index is -0.479. The van der Waals surface area contributed by atoms with Gasteiger partial charge in [0.15, 0.2) is 5.75 Å². The summed E-state index contributed by atoms with van der Waals surface area (Å²) in [5.74, 6) is 0.849.